The van der Waals surface area contributed by atoms with Gasteiger partial charge in [-0.1, -0.05) is 42.5 Å². The molecule has 0 saturated carbocycles. The van der Waals surface area contributed by atoms with E-state index in [-0.39, 0.29) is 6.04 Å². The molecule has 2 heterocycles. The predicted octanol–water partition coefficient (Wildman–Crippen LogP) is 2.16. The molecule has 4 rings (SSSR count). The summed E-state index contributed by atoms with van der Waals surface area (Å²) in [7, 11) is -1.48. The van der Waals surface area contributed by atoms with Gasteiger partial charge < -0.3 is 20.3 Å². The number of hydrogen-bond donors (Lipinski definition) is 3. The van der Waals surface area contributed by atoms with Crippen molar-refractivity contribution in [3.05, 3.63) is 71.4 Å². The number of nitrogens with zero attached hydrogens (tertiary/aromatic N) is 3. The molecule has 0 saturated heterocycles. The van der Waals surface area contributed by atoms with Crippen molar-refractivity contribution in [3.8, 4) is 0 Å². The molecular formula is C21H23BN4O2. The molecule has 28 heavy (non-hydrogen) atoms. The van der Waals surface area contributed by atoms with Gasteiger partial charge in [0, 0.05) is 30.0 Å². The van der Waals surface area contributed by atoms with E-state index >= 15 is 0 Å². The van der Waals surface area contributed by atoms with Gasteiger partial charge in [0.15, 0.2) is 0 Å². The molecule has 7 heteroatoms. The second kappa shape index (κ2) is 7.62. The van der Waals surface area contributed by atoms with E-state index in [0.717, 1.165) is 22.8 Å². The molecular weight excluding hydrogens is 351 g/mol. The van der Waals surface area contributed by atoms with Crippen LogP contribution in [0.3, 0.4) is 0 Å². The highest BCUT2D eigenvalue weighted by Crippen LogP contribution is 2.36. The Morgan fingerprint density at radius 2 is 1.89 bits per heavy atom. The van der Waals surface area contributed by atoms with Gasteiger partial charge in [-0.25, -0.2) is 4.98 Å². The number of benzene rings is 2. The summed E-state index contributed by atoms with van der Waals surface area (Å²) in [5.41, 5.74) is 4.47. The number of anilines is 3. The van der Waals surface area contributed by atoms with E-state index in [1.165, 1.54) is 5.56 Å². The Balaban J connectivity index is 1.65. The summed E-state index contributed by atoms with van der Waals surface area (Å²) in [6.07, 6.45) is 0.715. The lowest BCUT2D eigenvalue weighted by Crippen LogP contribution is -2.32. The Kier molecular flexibility index (Phi) is 5.02. The lowest BCUT2D eigenvalue weighted by molar-refractivity contribution is 0.425. The summed E-state index contributed by atoms with van der Waals surface area (Å²) >= 11 is 0. The molecule has 1 atom stereocenters. The van der Waals surface area contributed by atoms with Crippen LogP contribution in [0.5, 0.6) is 0 Å². The Bertz CT molecular complexity index is 981. The van der Waals surface area contributed by atoms with Crippen molar-refractivity contribution in [2.24, 2.45) is 0 Å². The van der Waals surface area contributed by atoms with Gasteiger partial charge in [-0.15, -0.1) is 0 Å². The van der Waals surface area contributed by atoms with E-state index in [0.29, 0.717) is 24.4 Å². The Hall–Kier alpha value is -2.90. The molecule has 0 radical (unpaired) electrons. The Labute approximate surface area is 165 Å². The van der Waals surface area contributed by atoms with Crippen molar-refractivity contribution in [3.63, 3.8) is 0 Å². The molecule has 0 aliphatic carbocycles. The highest BCUT2D eigenvalue weighted by molar-refractivity contribution is 6.59. The zero-order valence-corrected chi connectivity index (χ0v) is 16.0. The second-order valence-corrected chi connectivity index (χ2v) is 7.18. The van der Waals surface area contributed by atoms with E-state index in [9.17, 15) is 10.0 Å². The van der Waals surface area contributed by atoms with Gasteiger partial charge in [0.1, 0.15) is 5.82 Å². The highest BCUT2D eigenvalue weighted by atomic mass is 16.4. The molecule has 1 aliphatic heterocycles. The van der Waals surface area contributed by atoms with Crippen LogP contribution in [-0.2, 0) is 13.0 Å². The monoisotopic (exact) mass is 374 g/mol. The maximum absolute atomic E-state index is 9.69. The normalized spacial score (nSPS) is 15.4. The van der Waals surface area contributed by atoms with Gasteiger partial charge in [-0.3, -0.25) is 0 Å². The zero-order chi connectivity index (χ0) is 19.7. The van der Waals surface area contributed by atoms with Gasteiger partial charge in [0.25, 0.3) is 0 Å². The van der Waals surface area contributed by atoms with Gasteiger partial charge in [-0.2, -0.15) is 4.98 Å². The number of aryl methyl sites for hydroxylation is 1. The summed E-state index contributed by atoms with van der Waals surface area (Å²) in [5.74, 6) is 1.39. The summed E-state index contributed by atoms with van der Waals surface area (Å²) in [6.45, 7) is 4.73. The van der Waals surface area contributed by atoms with E-state index in [4.69, 9.17) is 4.98 Å². The van der Waals surface area contributed by atoms with E-state index in [2.05, 4.69) is 34.3 Å². The quantitative estimate of drug-likeness (QED) is 0.594. The van der Waals surface area contributed by atoms with Crippen LogP contribution in [-0.4, -0.2) is 33.2 Å². The second-order valence-electron chi connectivity index (χ2n) is 7.18. The molecule has 0 spiro atoms. The largest absolute Gasteiger partial charge is 0.488 e. The summed E-state index contributed by atoms with van der Waals surface area (Å²) < 4.78 is 0. The molecule has 3 N–H and O–H groups in total. The van der Waals surface area contributed by atoms with Gasteiger partial charge >= 0.3 is 7.12 Å². The first-order valence-corrected chi connectivity index (χ1v) is 9.43. The van der Waals surface area contributed by atoms with Crippen LogP contribution in [0, 0.1) is 6.92 Å². The first-order chi connectivity index (χ1) is 13.5. The Morgan fingerprint density at radius 1 is 1.11 bits per heavy atom. The number of hydrogen-bond acceptors (Lipinski definition) is 6. The first-order valence-electron chi connectivity index (χ1n) is 9.43. The number of rotatable bonds is 5. The van der Waals surface area contributed by atoms with E-state index in [1.807, 2.05) is 43.3 Å². The van der Waals surface area contributed by atoms with Gasteiger partial charge in [0.2, 0.25) is 5.95 Å². The fraction of sp³-hybridized carbons (Fsp3) is 0.238. The van der Waals surface area contributed by atoms with Crippen LogP contribution in [0.25, 0.3) is 0 Å². The number of nitrogens with one attached hydrogen (secondary N) is 1. The summed E-state index contributed by atoms with van der Waals surface area (Å²) in [4.78, 5) is 11.4. The first kappa shape index (κ1) is 18.5. The molecule has 6 nitrogen and oxygen atoms in total. The lowest BCUT2D eigenvalue weighted by atomic mass is 9.76. The topological polar surface area (TPSA) is 81.5 Å². The fourth-order valence-corrected chi connectivity index (χ4v) is 3.75. The Morgan fingerprint density at radius 3 is 2.64 bits per heavy atom. The number of aromatic nitrogens is 2. The molecule has 0 fully saturated rings. The molecule has 1 unspecified atom stereocenters. The maximum Gasteiger partial charge on any atom is 0.488 e. The summed E-state index contributed by atoms with van der Waals surface area (Å²) in [5, 5.41) is 22.8. The summed E-state index contributed by atoms with van der Waals surface area (Å²) in [6, 6.07) is 17.8. The van der Waals surface area contributed by atoms with Crippen LogP contribution in [0.2, 0.25) is 0 Å². The van der Waals surface area contributed by atoms with Gasteiger partial charge in [0.05, 0.1) is 0 Å². The van der Waals surface area contributed by atoms with Crippen LogP contribution >= 0.6 is 0 Å². The van der Waals surface area contributed by atoms with Crippen molar-refractivity contribution in [2.75, 3.05) is 10.2 Å². The van der Waals surface area contributed by atoms with Crippen molar-refractivity contribution in [1.29, 1.82) is 0 Å². The third kappa shape index (κ3) is 3.59. The standard InChI is InChI=1S/C21H23BN4O2/c1-14-11-20(23-13-16-7-4-3-5-8-16)25-21(24-14)26-15(2)12-17-18(22(27)28)9-6-10-19(17)26/h3-11,15,27-28H,12-13H2,1-2H3,(H,23,24,25). The molecule has 0 amide bonds. The smallest absolute Gasteiger partial charge is 0.423 e. The van der Waals surface area contributed by atoms with Crippen LogP contribution in [0.15, 0.2) is 54.6 Å². The van der Waals surface area contributed by atoms with Crippen molar-refractivity contribution < 1.29 is 10.0 Å². The van der Waals surface area contributed by atoms with Crippen LogP contribution in [0.1, 0.15) is 23.7 Å². The highest BCUT2D eigenvalue weighted by Gasteiger charge is 2.33. The third-order valence-corrected chi connectivity index (χ3v) is 5.04. The molecule has 142 valence electrons. The van der Waals surface area contributed by atoms with Crippen molar-refractivity contribution >= 4 is 30.0 Å². The SMILES string of the molecule is Cc1cc(NCc2ccccc2)nc(N2c3cccc(B(O)O)c3CC2C)n1. The molecule has 0 bridgehead atoms. The predicted molar refractivity (Wildman–Crippen MR) is 112 cm³/mol. The maximum atomic E-state index is 9.69. The van der Waals surface area contributed by atoms with Crippen LogP contribution in [0.4, 0.5) is 17.5 Å². The minimum absolute atomic E-state index is 0.124. The number of fused-ring (bicyclic) bond motifs is 1. The lowest BCUT2D eigenvalue weighted by Gasteiger charge is -2.23. The zero-order valence-electron chi connectivity index (χ0n) is 16.0. The molecule has 2 aromatic carbocycles. The third-order valence-electron chi connectivity index (χ3n) is 5.04. The molecule has 1 aliphatic rings. The average Bonchev–Trinajstić information content (AvgIpc) is 3.02. The van der Waals surface area contributed by atoms with E-state index < -0.39 is 7.12 Å². The van der Waals surface area contributed by atoms with E-state index in [1.54, 1.807) is 6.07 Å². The van der Waals surface area contributed by atoms with Crippen LogP contribution < -0.4 is 15.7 Å². The average molecular weight is 374 g/mol. The minimum Gasteiger partial charge on any atom is -0.423 e. The van der Waals surface area contributed by atoms with Crippen molar-refractivity contribution in [1.82, 2.24) is 9.97 Å². The molecule has 3 aromatic rings. The molecule has 1 aromatic heterocycles. The fourth-order valence-electron chi connectivity index (χ4n) is 3.75. The van der Waals surface area contributed by atoms with Gasteiger partial charge in [-0.05, 0) is 42.9 Å². The van der Waals surface area contributed by atoms with Crippen molar-refractivity contribution in [2.45, 2.75) is 32.9 Å². The minimum atomic E-state index is -1.48.